The summed E-state index contributed by atoms with van der Waals surface area (Å²) in [5.74, 6) is 0.287. The maximum atomic E-state index is 9.69. The number of benzene rings is 1. The van der Waals surface area contributed by atoms with Crippen LogP contribution in [-0.2, 0) is 0 Å². The van der Waals surface area contributed by atoms with Crippen molar-refractivity contribution in [1.29, 1.82) is 5.26 Å². The average Bonchev–Trinajstić information content (AvgIpc) is 2.83. The van der Waals surface area contributed by atoms with Crippen LogP contribution in [0.4, 0.5) is 0 Å². The van der Waals surface area contributed by atoms with Gasteiger partial charge < -0.3 is 15.2 Å². The Hall–Kier alpha value is -1.73. The van der Waals surface area contributed by atoms with Crippen molar-refractivity contribution in [2.45, 2.75) is 18.9 Å². The number of aromatic hydroxyl groups is 1. The van der Waals surface area contributed by atoms with Crippen LogP contribution in [0.15, 0.2) is 12.1 Å². The Balaban J connectivity index is 2.43. The highest BCUT2D eigenvalue weighted by Gasteiger charge is 2.19. The fourth-order valence-corrected chi connectivity index (χ4v) is 2.04. The van der Waals surface area contributed by atoms with E-state index in [0.29, 0.717) is 5.75 Å². The predicted molar refractivity (Wildman–Crippen MR) is 59.4 cm³/mol. The fourth-order valence-electron chi connectivity index (χ4n) is 2.04. The maximum Gasteiger partial charge on any atom is 0.175 e. The molecule has 0 spiro atoms. The van der Waals surface area contributed by atoms with E-state index in [2.05, 4.69) is 5.32 Å². The Bertz CT molecular complexity index is 431. The van der Waals surface area contributed by atoms with Gasteiger partial charge in [0.05, 0.1) is 12.7 Å². The molecule has 0 saturated carbocycles. The highest BCUT2D eigenvalue weighted by Crippen LogP contribution is 2.35. The quantitative estimate of drug-likeness (QED) is 0.793. The second-order valence-electron chi connectivity index (χ2n) is 3.88. The number of rotatable bonds is 2. The molecule has 0 aliphatic carbocycles. The standard InChI is InChI=1S/C12H14N2O2/c1-16-11-6-8(10-3-2-4-14-10)5-9(7-13)12(11)15/h5-6,10,14-15H,2-4H2,1H3. The largest absolute Gasteiger partial charge is 0.503 e. The van der Waals surface area contributed by atoms with E-state index in [9.17, 15) is 5.11 Å². The van der Waals surface area contributed by atoms with Gasteiger partial charge in [-0.2, -0.15) is 5.26 Å². The van der Waals surface area contributed by atoms with E-state index in [-0.39, 0.29) is 17.4 Å². The zero-order valence-electron chi connectivity index (χ0n) is 9.16. The molecule has 1 saturated heterocycles. The van der Waals surface area contributed by atoms with Crippen LogP contribution in [0.5, 0.6) is 11.5 Å². The predicted octanol–water partition coefficient (Wildman–Crippen LogP) is 1.70. The minimum atomic E-state index is -0.0771. The summed E-state index contributed by atoms with van der Waals surface area (Å²) in [5, 5.41) is 22.0. The van der Waals surface area contributed by atoms with Crippen molar-refractivity contribution in [2.75, 3.05) is 13.7 Å². The third-order valence-electron chi connectivity index (χ3n) is 2.90. The van der Waals surface area contributed by atoms with Crippen molar-refractivity contribution < 1.29 is 9.84 Å². The van der Waals surface area contributed by atoms with Gasteiger partial charge in [0.15, 0.2) is 11.5 Å². The Morgan fingerprint density at radius 2 is 2.38 bits per heavy atom. The second kappa shape index (κ2) is 4.42. The van der Waals surface area contributed by atoms with E-state index >= 15 is 0 Å². The van der Waals surface area contributed by atoms with Crippen LogP contribution in [-0.4, -0.2) is 18.8 Å². The summed E-state index contributed by atoms with van der Waals surface area (Å²) >= 11 is 0. The number of ether oxygens (including phenoxy) is 1. The molecule has 1 atom stereocenters. The molecular weight excluding hydrogens is 204 g/mol. The Kier molecular flexibility index (Phi) is 2.97. The Morgan fingerprint density at radius 3 is 2.94 bits per heavy atom. The smallest absolute Gasteiger partial charge is 0.175 e. The molecule has 2 N–H and O–H groups in total. The third-order valence-corrected chi connectivity index (χ3v) is 2.90. The minimum absolute atomic E-state index is 0.0771. The molecule has 0 radical (unpaired) electrons. The van der Waals surface area contributed by atoms with Gasteiger partial charge in [0.1, 0.15) is 6.07 Å². The lowest BCUT2D eigenvalue weighted by molar-refractivity contribution is 0.371. The zero-order valence-corrected chi connectivity index (χ0v) is 9.16. The van der Waals surface area contributed by atoms with E-state index in [4.69, 9.17) is 10.00 Å². The molecular formula is C12H14N2O2. The molecule has 1 aliphatic heterocycles. The molecule has 1 unspecified atom stereocenters. The lowest BCUT2D eigenvalue weighted by atomic mass is 10.0. The van der Waals surface area contributed by atoms with Gasteiger partial charge in [-0.15, -0.1) is 0 Å². The topological polar surface area (TPSA) is 65.3 Å². The van der Waals surface area contributed by atoms with Gasteiger partial charge in [-0.25, -0.2) is 0 Å². The lowest BCUT2D eigenvalue weighted by Gasteiger charge is -2.13. The molecule has 2 rings (SSSR count). The summed E-state index contributed by atoms with van der Waals surface area (Å²) in [5.41, 5.74) is 1.27. The molecule has 4 nitrogen and oxygen atoms in total. The molecule has 1 aromatic carbocycles. The fraction of sp³-hybridized carbons (Fsp3) is 0.417. The monoisotopic (exact) mass is 218 g/mol. The van der Waals surface area contributed by atoms with E-state index in [1.54, 1.807) is 12.1 Å². The molecule has 16 heavy (non-hydrogen) atoms. The summed E-state index contributed by atoms with van der Waals surface area (Å²) in [7, 11) is 1.49. The van der Waals surface area contributed by atoms with E-state index < -0.39 is 0 Å². The highest BCUT2D eigenvalue weighted by molar-refractivity contribution is 5.54. The van der Waals surface area contributed by atoms with Crippen LogP contribution < -0.4 is 10.1 Å². The molecule has 0 amide bonds. The van der Waals surface area contributed by atoms with Crippen LogP contribution in [0, 0.1) is 11.3 Å². The summed E-state index contributed by atoms with van der Waals surface area (Å²) in [6, 6.07) is 5.76. The summed E-state index contributed by atoms with van der Waals surface area (Å²) < 4.78 is 5.06. The van der Waals surface area contributed by atoms with Crippen molar-refractivity contribution in [3.63, 3.8) is 0 Å². The van der Waals surface area contributed by atoms with Crippen LogP contribution in [0.3, 0.4) is 0 Å². The third kappa shape index (κ3) is 1.82. The number of hydrogen-bond donors (Lipinski definition) is 2. The molecule has 1 aromatic rings. The molecule has 1 aliphatic rings. The number of hydrogen-bond acceptors (Lipinski definition) is 4. The highest BCUT2D eigenvalue weighted by atomic mass is 16.5. The van der Waals surface area contributed by atoms with Crippen LogP contribution >= 0.6 is 0 Å². The van der Waals surface area contributed by atoms with E-state index in [0.717, 1.165) is 24.9 Å². The number of nitriles is 1. The first-order valence-corrected chi connectivity index (χ1v) is 5.30. The average molecular weight is 218 g/mol. The summed E-state index contributed by atoms with van der Waals surface area (Å²) in [6.45, 7) is 0.996. The normalized spacial score (nSPS) is 19.4. The number of phenolic OH excluding ortho intramolecular Hbond substituents is 1. The number of methoxy groups -OCH3 is 1. The van der Waals surface area contributed by atoms with Crippen molar-refractivity contribution in [3.05, 3.63) is 23.3 Å². The molecule has 1 fully saturated rings. The second-order valence-corrected chi connectivity index (χ2v) is 3.88. The Labute approximate surface area is 94.5 Å². The van der Waals surface area contributed by atoms with E-state index in [1.165, 1.54) is 7.11 Å². The van der Waals surface area contributed by atoms with Gasteiger partial charge in [0, 0.05) is 6.04 Å². The summed E-state index contributed by atoms with van der Waals surface area (Å²) in [4.78, 5) is 0. The SMILES string of the molecule is COc1cc(C2CCCN2)cc(C#N)c1O. The van der Waals surface area contributed by atoms with Gasteiger partial charge in [-0.05, 0) is 37.1 Å². The lowest BCUT2D eigenvalue weighted by Crippen LogP contribution is -2.13. The van der Waals surface area contributed by atoms with Crippen molar-refractivity contribution >= 4 is 0 Å². The zero-order chi connectivity index (χ0) is 11.5. The molecule has 4 heteroatoms. The van der Waals surface area contributed by atoms with E-state index in [1.807, 2.05) is 6.07 Å². The molecule has 84 valence electrons. The van der Waals surface area contributed by atoms with Gasteiger partial charge in [-0.3, -0.25) is 0 Å². The van der Waals surface area contributed by atoms with Crippen LogP contribution in [0.1, 0.15) is 30.0 Å². The van der Waals surface area contributed by atoms with Crippen LogP contribution in [0.25, 0.3) is 0 Å². The molecule has 0 aromatic heterocycles. The number of phenols is 1. The minimum Gasteiger partial charge on any atom is -0.503 e. The molecule has 1 heterocycles. The Morgan fingerprint density at radius 1 is 1.56 bits per heavy atom. The molecule has 0 bridgehead atoms. The first-order chi connectivity index (χ1) is 7.76. The first-order valence-electron chi connectivity index (χ1n) is 5.30. The van der Waals surface area contributed by atoms with Crippen molar-refractivity contribution in [3.8, 4) is 17.6 Å². The van der Waals surface area contributed by atoms with Gasteiger partial charge in [0.2, 0.25) is 0 Å². The first kappa shape index (κ1) is 10.8. The number of nitrogens with zero attached hydrogens (tertiary/aromatic N) is 1. The van der Waals surface area contributed by atoms with Crippen molar-refractivity contribution in [2.24, 2.45) is 0 Å². The maximum absolute atomic E-state index is 9.69. The summed E-state index contributed by atoms with van der Waals surface area (Å²) in [6.07, 6.45) is 2.19. The van der Waals surface area contributed by atoms with Gasteiger partial charge in [0.25, 0.3) is 0 Å². The van der Waals surface area contributed by atoms with Crippen LogP contribution in [0.2, 0.25) is 0 Å². The van der Waals surface area contributed by atoms with Gasteiger partial charge in [-0.1, -0.05) is 0 Å². The van der Waals surface area contributed by atoms with Crippen molar-refractivity contribution in [1.82, 2.24) is 5.32 Å². The number of nitrogens with one attached hydrogen (secondary N) is 1. The van der Waals surface area contributed by atoms with Gasteiger partial charge >= 0.3 is 0 Å².